The largest absolute Gasteiger partial charge is 0.455 e. The van der Waals surface area contributed by atoms with Gasteiger partial charge in [0.2, 0.25) is 5.91 Å². The fraction of sp³-hybridized carbons (Fsp3) is 0.100. The monoisotopic (exact) mass is 462 g/mol. The number of hydrazone groups is 1. The van der Waals surface area contributed by atoms with E-state index in [2.05, 4.69) is 26.5 Å². The van der Waals surface area contributed by atoms with Crippen LogP contribution in [0, 0.1) is 0 Å². The Hall–Kier alpha value is -2.02. The van der Waals surface area contributed by atoms with Gasteiger partial charge in [0, 0.05) is 20.8 Å². The molecular formula is C20H16BrClN2O2S. The van der Waals surface area contributed by atoms with Gasteiger partial charge in [0.25, 0.3) is 0 Å². The molecule has 7 heteroatoms. The van der Waals surface area contributed by atoms with Gasteiger partial charge in [-0.05, 0) is 42.0 Å². The van der Waals surface area contributed by atoms with Gasteiger partial charge in [-0.15, -0.1) is 11.8 Å². The predicted molar refractivity (Wildman–Crippen MR) is 115 cm³/mol. The topological polar surface area (TPSA) is 54.6 Å². The number of hydrogen-bond donors (Lipinski definition) is 1. The molecule has 0 unspecified atom stereocenters. The summed E-state index contributed by atoms with van der Waals surface area (Å²) in [5.41, 5.74) is 4.60. The standard InChI is InChI=1S/C20H16BrClN2O2S/c21-16-5-3-15(4-6-16)19-10-9-18(26-19)11-23-24-20(25)13-27-12-14-1-7-17(22)8-2-14/h1-11H,12-13H2,(H,24,25). The number of thioether (sulfide) groups is 1. The number of carbonyl (C=O) groups excluding carboxylic acids is 1. The fourth-order valence-electron chi connectivity index (χ4n) is 2.23. The van der Waals surface area contributed by atoms with E-state index in [1.54, 1.807) is 0 Å². The summed E-state index contributed by atoms with van der Waals surface area (Å²) >= 11 is 10.8. The van der Waals surface area contributed by atoms with Gasteiger partial charge in [0.15, 0.2) is 0 Å². The lowest BCUT2D eigenvalue weighted by Gasteiger charge is -2.01. The molecule has 0 spiro atoms. The van der Waals surface area contributed by atoms with Crippen molar-refractivity contribution in [2.75, 3.05) is 5.75 Å². The van der Waals surface area contributed by atoms with Crippen LogP contribution in [-0.2, 0) is 10.5 Å². The van der Waals surface area contributed by atoms with Crippen molar-refractivity contribution in [3.8, 4) is 11.3 Å². The minimum absolute atomic E-state index is 0.162. The van der Waals surface area contributed by atoms with Crippen molar-refractivity contribution in [1.29, 1.82) is 0 Å². The van der Waals surface area contributed by atoms with Gasteiger partial charge in [-0.1, -0.05) is 51.8 Å². The number of benzene rings is 2. The van der Waals surface area contributed by atoms with Crippen LogP contribution in [0.25, 0.3) is 11.3 Å². The Kier molecular flexibility index (Phi) is 7.15. The summed E-state index contributed by atoms with van der Waals surface area (Å²) in [5, 5.41) is 4.65. The summed E-state index contributed by atoms with van der Waals surface area (Å²) in [4.78, 5) is 11.8. The van der Waals surface area contributed by atoms with Crippen LogP contribution >= 0.6 is 39.3 Å². The first kappa shape index (κ1) is 19.7. The third kappa shape index (κ3) is 6.27. The summed E-state index contributed by atoms with van der Waals surface area (Å²) in [6.45, 7) is 0. The second kappa shape index (κ2) is 9.78. The third-order valence-corrected chi connectivity index (χ3v) is 5.34. The Morgan fingerprint density at radius 2 is 1.85 bits per heavy atom. The van der Waals surface area contributed by atoms with Crippen molar-refractivity contribution in [3.63, 3.8) is 0 Å². The van der Waals surface area contributed by atoms with Crippen molar-refractivity contribution in [1.82, 2.24) is 5.43 Å². The third-order valence-electron chi connectivity index (χ3n) is 3.55. The molecule has 0 saturated carbocycles. The Bertz CT molecular complexity index is 924. The average Bonchev–Trinajstić information content (AvgIpc) is 3.13. The molecule has 1 heterocycles. The molecule has 138 valence electrons. The quantitative estimate of drug-likeness (QED) is 0.359. The van der Waals surface area contributed by atoms with Crippen LogP contribution in [0.4, 0.5) is 0 Å². The highest BCUT2D eigenvalue weighted by Crippen LogP contribution is 2.23. The van der Waals surface area contributed by atoms with Gasteiger partial charge in [0.1, 0.15) is 11.5 Å². The number of furan rings is 1. The van der Waals surface area contributed by atoms with E-state index in [4.69, 9.17) is 16.0 Å². The summed E-state index contributed by atoms with van der Waals surface area (Å²) in [7, 11) is 0. The smallest absolute Gasteiger partial charge is 0.250 e. The number of carbonyl (C=O) groups is 1. The molecule has 0 aliphatic heterocycles. The minimum atomic E-state index is -0.162. The summed E-state index contributed by atoms with van der Waals surface area (Å²) in [6.07, 6.45) is 1.49. The van der Waals surface area contributed by atoms with Crippen LogP contribution in [0.3, 0.4) is 0 Å². The molecule has 1 aromatic heterocycles. The van der Waals surface area contributed by atoms with Gasteiger partial charge in [-0.3, -0.25) is 4.79 Å². The summed E-state index contributed by atoms with van der Waals surface area (Å²) < 4.78 is 6.72. The maximum atomic E-state index is 11.8. The summed E-state index contributed by atoms with van der Waals surface area (Å²) in [5.74, 6) is 2.21. The van der Waals surface area contributed by atoms with E-state index in [0.29, 0.717) is 16.5 Å². The first-order chi connectivity index (χ1) is 13.1. The van der Waals surface area contributed by atoms with Crippen LogP contribution in [0.5, 0.6) is 0 Å². The van der Waals surface area contributed by atoms with E-state index in [1.165, 1.54) is 18.0 Å². The van der Waals surface area contributed by atoms with Crippen molar-refractivity contribution in [2.24, 2.45) is 5.10 Å². The molecule has 2 aromatic carbocycles. The van der Waals surface area contributed by atoms with Crippen LogP contribution < -0.4 is 5.43 Å². The Morgan fingerprint density at radius 1 is 1.11 bits per heavy atom. The molecule has 0 aliphatic carbocycles. The van der Waals surface area contributed by atoms with Crippen molar-refractivity contribution < 1.29 is 9.21 Å². The van der Waals surface area contributed by atoms with E-state index < -0.39 is 0 Å². The zero-order chi connectivity index (χ0) is 19.1. The zero-order valence-electron chi connectivity index (χ0n) is 14.2. The molecule has 27 heavy (non-hydrogen) atoms. The second-order valence-electron chi connectivity index (χ2n) is 5.62. The normalized spacial score (nSPS) is 11.0. The predicted octanol–water partition coefficient (Wildman–Crippen LogP) is 5.75. The maximum absolute atomic E-state index is 11.8. The molecule has 1 amide bonds. The van der Waals surface area contributed by atoms with E-state index >= 15 is 0 Å². The SMILES string of the molecule is O=C(CSCc1ccc(Cl)cc1)NN=Cc1ccc(-c2ccc(Br)cc2)o1. The molecule has 4 nitrogen and oxygen atoms in total. The van der Waals surface area contributed by atoms with Crippen molar-refractivity contribution in [3.05, 3.63) is 81.5 Å². The van der Waals surface area contributed by atoms with Crippen LogP contribution in [0.1, 0.15) is 11.3 Å². The van der Waals surface area contributed by atoms with Crippen LogP contribution in [0.15, 0.2) is 74.7 Å². The molecule has 3 rings (SSSR count). The van der Waals surface area contributed by atoms with E-state index in [9.17, 15) is 4.79 Å². The first-order valence-corrected chi connectivity index (χ1v) is 10.4. The Labute approximate surface area is 175 Å². The molecule has 3 aromatic rings. The minimum Gasteiger partial charge on any atom is -0.455 e. The number of rotatable bonds is 7. The van der Waals surface area contributed by atoms with Gasteiger partial charge in [0.05, 0.1) is 12.0 Å². The van der Waals surface area contributed by atoms with Crippen molar-refractivity contribution >= 4 is 51.4 Å². The molecule has 0 fully saturated rings. The Balaban J connectivity index is 1.44. The number of halogens is 2. The zero-order valence-corrected chi connectivity index (χ0v) is 17.4. The fourth-order valence-corrected chi connectivity index (χ4v) is 3.40. The lowest BCUT2D eigenvalue weighted by Crippen LogP contribution is -2.19. The molecule has 1 N–H and O–H groups in total. The molecule has 0 saturated heterocycles. The van der Waals surface area contributed by atoms with E-state index in [1.807, 2.05) is 60.7 Å². The van der Waals surface area contributed by atoms with Crippen LogP contribution in [0.2, 0.25) is 5.02 Å². The van der Waals surface area contributed by atoms with Gasteiger partial charge >= 0.3 is 0 Å². The van der Waals surface area contributed by atoms with Crippen molar-refractivity contribution in [2.45, 2.75) is 5.75 Å². The van der Waals surface area contributed by atoms with Crippen LogP contribution in [-0.4, -0.2) is 17.9 Å². The average molecular weight is 464 g/mol. The highest BCUT2D eigenvalue weighted by Gasteiger charge is 2.04. The van der Waals surface area contributed by atoms with E-state index in [0.717, 1.165) is 27.1 Å². The molecule has 0 aliphatic rings. The first-order valence-electron chi connectivity index (χ1n) is 8.10. The Morgan fingerprint density at radius 3 is 2.59 bits per heavy atom. The van der Waals surface area contributed by atoms with Gasteiger partial charge < -0.3 is 4.42 Å². The number of nitrogens with one attached hydrogen (secondary N) is 1. The molecule has 0 atom stereocenters. The maximum Gasteiger partial charge on any atom is 0.250 e. The molecular weight excluding hydrogens is 448 g/mol. The number of hydrogen-bond acceptors (Lipinski definition) is 4. The highest BCUT2D eigenvalue weighted by molar-refractivity contribution is 9.10. The molecule has 0 bridgehead atoms. The number of nitrogens with zero attached hydrogens (tertiary/aromatic N) is 1. The van der Waals surface area contributed by atoms with E-state index in [-0.39, 0.29) is 5.91 Å². The lowest BCUT2D eigenvalue weighted by atomic mass is 10.2. The molecule has 0 radical (unpaired) electrons. The van der Waals surface area contributed by atoms with Gasteiger partial charge in [-0.25, -0.2) is 5.43 Å². The summed E-state index contributed by atoms with van der Waals surface area (Å²) in [6, 6.07) is 19.1. The lowest BCUT2D eigenvalue weighted by molar-refractivity contribution is -0.118. The van der Waals surface area contributed by atoms with Gasteiger partial charge in [-0.2, -0.15) is 5.10 Å². The number of amides is 1. The second-order valence-corrected chi connectivity index (χ2v) is 7.96. The highest BCUT2D eigenvalue weighted by atomic mass is 79.9.